The second-order valence-electron chi connectivity index (χ2n) is 2.01. The van der Waals surface area contributed by atoms with E-state index in [1.165, 1.54) is 0 Å². The van der Waals surface area contributed by atoms with Crippen LogP contribution >= 0.6 is 0 Å². The van der Waals surface area contributed by atoms with Gasteiger partial charge in [0.15, 0.2) is 0 Å². The average molecular weight is 234 g/mol. The number of carbonyl (C=O) groups excluding carboxylic acids is 1. The summed E-state index contributed by atoms with van der Waals surface area (Å²) in [5, 5.41) is 0. The van der Waals surface area contributed by atoms with Crippen LogP contribution in [0.5, 0.6) is 0 Å². The summed E-state index contributed by atoms with van der Waals surface area (Å²) in [5.74, 6) is -1.01. The molecule has 0 aliphatic rings. The molecule has 0 amide bonds. The monoisotopic (exact) mass is 234 g/mol. The summed E-state index contributed by atoms with van der Waals surface area (Å²) in [5.41, 5.74) is 0. The van der Waals surface area contributed by atoms with E-state index in [1.54, 1.807) is 0 Å². The van der Waals surface area contributed by atoms with Gasteiger partial charge in [-0.3, -0.25) is 4.55 Å². The van der Waals surface area contributed by atoms with Gasteiger partial charge in [-0.15, -0.1) is 0 Å². The fraction of sp³-hybridized carbons (Fsp3) is 0.500. The van der Waals surface area contributed by atoms with Crippen molar-refractivity contribution in [2.24, 2.45) is 0 Å². The number of rotatable bonds is 5. The fourth-order valence-corrected chi connectivity index (χ4v) is 0.956. The zero-order valence-electron chi connectivity index (χ0n) is 6.39. The zero-order chi connectivity index (χ0) is 9.61. The van der Waals surface area contributed by atoms with Gasteiger partial charge in [0.25, 0.3) is 10.1 Å². The molecule has 0 radical (unpaired) electrons. The van der Waals surface area contributed by atoms with Crippen LogP contribution in [0.15, 0.2) is 12.7 Å². The molecule has 0 aliphatic heterocycles. The molecular formula is C6H11KO5S. The van der Waals surface area contributed by atoms with Gasteiger partial charge in [0.1, 0.15) is 0 Å². The Morgan fingerprint density at radius 1 is 1.54 bits per heavy atom. The van der Waals surface area contributed by atoms with E-state index in [9.17, 15) is 13.2 Å². The van der Waals surface area contributed by atoms with E-state index < -0.39 is 21.8 Å². The third-order valence-corrected chi connectivity index (χ3v) is 1.76. The van der Waals surface area contributed by atoms with Crippen LogP contribution in [0.4, 0.5) is 0 Å². The van der Waals surface area contributed by atoms with Gasteiger partial charge in [-0.25, -0.2) is 4.79 Å². The third kappa shape index (κ3) is 12.8. The van der Waals surface area contributed by atoms with Crippen LogP contribution in [-0.4, -0.2) is 82.7 Å². The summed E-state index contributed by atoms with van der Waals surface area (Å²) in [7, 11) is -3.95. The molecule has 7 heteroatoms. The summed E-state index contributed by atoms with van der Waals surface area (Å²) >= 11 is 0. The van der Waals surface area contributed by atoms with E-state index in [0.29, 0.717) is 0 Å². The van der Waals surface area contributed by atoms with Gasteiger partial charge in [0, 0.05) is 6.08 Å². The van der Waals surface area contributed by atoms with Crippen LogP contribution in [0, 0.1) is 0 Å². The van der Waals surface area contributed by atoms with Crippen molar-refractivity contribution < 1.29 is 22.5 Å². The maximum absolute atomic E-state index is 10.4. The van der Waals surface area contributed by atoms with Gasteiger partial charge >= 0.3 is 57.4 Å². The molecule has 0 aromatic heterocycles. The van der Waals surface area contributed by atoms with Gasteiger partial charge in [-0.1, -0.05) is 6.58 Å². The van der Waals surface area contributed by atoms with Crippen molar-refractivity contribution in [2.45, 2.75) is 6.42 Å². The predicted molar refractivity (Wildman–Crippen MR) is 49.3 cm³/mol. The van der Waals surface area contributed by atoms with Gasteiger partial charge in [-0.05, 0) is 6.42 Å². The van der Waals surface area contributed by atoms with E-state index in [2.05, 4.69) is 11.3 Å². The molecule has 0 spiro atoms. The van der Waals surface area contributed by atoms with E-state index in [-0.39, 0.29) is 64.4 Å². The number of esters is 1. The molecule has 1 N–H and O–H groups in total. The second kappa shape index (κ2) is 8.10. The maximum atomic E-state index is 10.4. The second-order valence-corrected chi connectivity index (χ2v) is 3.58. The molecule has 0 unspecified atom stereocenters. The summed E-state index contributed by atoms with van der Waals surface area (Å²) in [6.07, 6.45) is 1.06. The zero-order valence-corrected chi connectivity index (χ0v) is 7.21. The van der Waals surface area contributed by atoms with E-state index in [1.807, 2.05) is 0 Å². The first kappa shape index (κ1) is 16.2. The Morgan fingerprint density at radius 3 is 2.46 bits per heavy atom. The minimum absolute atomic E-state index is 0. The van der Waals surface area contributed by atoms with E-state index in [0.717, 1.165) is 6.08 Å². The molecule has 0 bridgehead atoms. The summed E-state index contributed by atoms with van der Waals surface area (Å²) in [6.45, 7) is 3.11. The van der Waals surface area contributed by atoms with Crippen LogP contribution in [0.2, 0.25) is 0 Å². The SMILES string of the molecule is C=CC(=O)OCCCS(=O)(=O)O.[KH]. The Hall–Kier alpha value is 0.756. The minimum atomic E-state index is -3.95. The van der Waals surface area contributed by atoms with E-state index >= 15 is 0 Å². The summed E-state index contributed by atoms with van der Waals surface area (Å²) < 4.78 is 33.0. The summed E-state index contributed by atoms with van der Waals surface area (Å²) in [6, 6.07) is 0. The van der Waals surface area contributed by atoms with Crippen LogP contribution in [-0.2, 0) is 19.6 Å². The van der Waals surface area contributed by atoms with Gasteiger partial charge in [-0.2, -0.15) is 8.42 Å². The number of hydrogen-bond donors (Lipinski definition) is 1. The molecule has 0 heterocycles. The van der Waals surface area contributed by atoms with E-state index in [4.69, 9.17) is 4.55 Å². The molecule has 0 atom stereocenters. The van der Waals surface area contributed by atoms with Gasteiger partial charge < -0.3 is 4.74 Å². The predicted octanol–water partition coefficient (Wildman–Crippen LogP) is -0.655. The molecule has 0 fully saturated rings. The number of ether oxygens (including phenoxy) is 1. The summed E-state index contributed by atoms with van der Waals surface area (Å²) in [4.78, 5) is 10.4. The van der Waals surface area contributed by atoms with Crippen LogP contribution in [0.3, 0.4) is 0 Å². The topological polar surface area (TPSA) is 80.7 Å². The van der Waals surface area contributed by atoms with Gasteiger partial charge in [0.05, 0.1) is 12.4 Å². The molecule has 0 aromatic carbocycles. The quantitative estimate of drug-likeness (QED) is 0.225. The molecule has 0 rings (SSSR count). The first-order chi connectivity index (χ1) is 5.45. The molecule has 0 aliphatic carbocycles. The normalized spacial score (nSPS) is 9.92. The Bertz CT molecular complexity index is 258. The first-order valence-corrected chi connectivity index (χ1v) is 4.81. The van der Waals surface area contributed by atoms with Crippen LogP contribution in [0.25, 0.3) is 0 Å². The molecule has 13 heavy (non-hydrogen) atoms. The fourth-order valence-electron chi connectivity index (χ4n) is 0.473. The van der Waals surface area contributed by atoms with Crippen molar-refractivity contribution in [1.82, 2.24) is 0 Å². The standard InChI is InChI=1S/C6H10O5S.K.H/c1-2-6(7)11-4-3-5-12(8,9)10;;/h2H,1,3-5H2,(H,8,9,10);;. The molecular weight excluding hydrogens is 223 g/mol. The van der Waals surface area contributed by atoms with Crippen LogP contribution < -0.4 is 0 Å². The van der Waals surface area contributed by atoms with Crippen molar-refractivity contribution in [1.29, 1.82) is 0 Å². The first-order valence-electron chi connectivity index (χ1n) is 3.20. The average Bonchev–Trinajstić information content (AvgIpc) is 1.96. The van der Waals surface area contributed by atoms with Crippen LogP contribution in [0.1, 0.15) is 6.42 Å². The third-order valence-electron chi connectivity index (χ3n) is 0.958. The van der Waals surface area contributed by atoms with Crippen molar-refractivity contribution in [3.8, 4) is 0 Å². The molecule has 72 valence electrons. The molecule has 0 saturated heterocycles. The number of carbonyl (C=O) groups is 1. The van der Waals surface area contributed by atoms with Crippen molar-refractivity contribution in [3.63, 3.8) is 0 Å². The Kier molecular flexibility index (Phi) is 10.1. The van der Waals surface area contributed by atoms with Crippen molar-refractivity contribution in [2.75, 3.05) is 12.4 Å². The molecule has 0 saturated carbocycles. The Balaban J connectivity index is 0. The van der Waals surface area contributed by atoms with Crippen molar-refractivity contribution in [3.05, 3.63) is 12.7 Å². The van der Waals surface area contributed by atoms with Crippen molar-refractivity contribution >= 4 is 67.5 Å². The van der Waals surface area contributed by atoms with Gasteiger partial charge in [0.2, 0.25) is 0 Å². The number of hydrogen-bond acceptors (Lipinski definition) is 4. The molecule has 5 nitrogen and oxygen atoms in total. The Morgan fingerprint density at radius 2 is 2.08 bits per heavy atom. The molecule has 0 aromatic rings. The Labute approximate surface area is 120 Å².